The summed E-state index contributed by atoms with van der Waals surface area (Å²) >= 11 is 12.4. The molecule has 2 aliphatic rings. The van der Waals surface area contributed by atoms with Crippen LogP contribution < -0.4 is 5.32 Å². The van der Waals surface area contributed by atoms with E-state index in [4.69, 9.17) is 27.9 Å². The smallest absolute Gasteiger partial charge is 0.256 e. The van der Waals surface area contributed by atoms with E-state index in [2.05, 4.69) is 10.3 Å². The van der Waals surface area contributed by atoms with Crippen LogP contribution >= 0.6 is 23.2 Å². The summed E-state index contributed by atoms with van der Waals surface area (Å²) in [4.78, 5) is 31.6. The fraction of sp³-hybridized carbons (Fsp3) is 0.310. The van der Waals surface area contributed by atoms with Crippen molar-refractivity contribution in [1.29, 1.82) is 0 Å². The number of H-pyrrole nitrogens is 1. The molecular formula is C29H29Cl2N3O5S. The molecule has 0 unspecified atom stereocenters. The zero-order valence-corrected chi connectivity index (χ0v) is 24.6. The number of halogens is 2. The van der Waals surface area contributed by atoms with Gasteiger partial charge in [0, 0.05) is 51.9 Å². The van der Waals surface area contributed by atoms with Crippen molar-refractivity contribution in [3.63, 3.8) is 0 Å². The number of nitrogens with zero attached hydrogens (tertiary/aromatic N) is 1. The number of sulfone groups is 1. The van der Waals surface area contributed by atoms with Crippen molar-refractivity contribution in [3.8, 4) is 0 Å². The van der Waals surface area contributed by atoms with Gasteiger partial charge in [-0.25, -0.2) is 8.42 Å². The number of rotatable bonds is 7. The lowest BCUT2D eigenvalue weighted by Crippen LogP contribution is -2.38. The number of hydrogen-bond acceptors (Lipinski definition) is 5. The van der Waals surface area contributed by atoms with Crippen LogP contribution in [0.1, 0.15) is 51.3 Å². The number of hydrogen-bond donors (Lipinski definition) is 2. The summed E-state index contributed by atoms with van der Waals surface area (Å²) in [6.45, 7) is 4.82. The Morgan fingerprint density at radius 3 is 2.60 bits per heavy atom. The minimum absolute atomic E-state index is 0.0292. The third-order valence-electron chi connectivity index (χ3n) is 7.50. The number of anilines is 1. The number of methoxy groups -OCH3 is 1. The summed E-state index contributed by atoms with van der Waals surface area (Å²) in [6, 6.07) is 9.36. The first kappa shape index (κ1) is 28.4. The van der Waals surface area contributed by atoms with E-state index in [1.54, 1.807) is 37.5 Å². The van der Waals surface area contributed by atoms with Crippen LogP contribution in [0.3, 0.4) is 0 Å². The van der Waals surface area contributed by atoms with Gasteiger partial charge in [-0.15, -0.1) is 0 Å². The van der Waals surface area contributed by atoms with E-state index in [0.717, 1.165) is 18.4 Å². The number of ether oxygens (including phenoxy) is 1. The summed E-state index contributed by atoms with van der Waals surface area (Å²) < 4.78 is 32.0. The molecule has 11 heteroatoms. The number of nitrogens with one attached hydrogen (secondary N) is 2. The lowest BCUT2D eigenvalue weighted by molar-refractivity contribution is -0.110. The highest BCUT2D eigenvalue weighted by Gasteiger charge is 2.33. The third kappa shape index (κ3) is 5.19. The van der Waals surface area contributed by atoms with Crippen LogP contribution in [0.2, 0.25) is 10.0 Å². The molecule has 2 aliphatic heterocycles. The van der Waals surface area contributed by atoms with Gasteiger partial charge < -0.3 is 19.9 Å². The van der Waals surface area contributed by atoms with Gasteiger partial charge in [-0.05, 0) is 68.7 Å². The number of aromatic amines is 1. The molecule has 210 valence electrons. The molecule has 0 saturated carbocycles. The van der Waals surface area contributed by atoms with Crippen LogP contribution in [-0.4, -0.2) is 56.4 Å². The van der Waals surface area contributed by atoms with Crippen LogP contribution in [-0.2, 0) is 25.1 Å². The average Bonchev–Trinajstić information content (AvgIpc) is 3.57. The molecule has 40 heavy (non-hydrogen) atoms. The van der Waals surface area contributed by atoms with Crippen molar-refractivity contribution >= 4 is 62.2 Å². The lowest BCUT2D eigenvalue weighted by atomic mass is 10.0. The molecule has 1 saturated heterocycles. The van der Waals surface area contributed by atoms with Gasteiger partial charge in [-0.3, -0.25) is 9.59 Å². The van der Waals surface area contributed by atoms with Crippen molar-refractivity contribution in [3.05, 3.63) is 80.1 Å². The summed E-state index contributed by atoms with van der Waals surface area (Å²) in [5.41, 5.74) is 4.17. The van der Waals surface area contributed by atoms with E-state index < -0.39 is 9.84 Å². The number of amides is 2. The first-order valence-corrected chi connectivity index (χ1v) is 15.2. The Balaban J connectivity index is 1.49. The number of aryl methyl sites for hydroxylation is 1. The van der Waals surface area contributed by atoms with E-state index >= 15 is 0 Å². The number of fused-ring (bicyclic) bond motifs is 1. The van der Waals surface area contributed by atoms with Crippen molar-refractivity contribution < 1.29 is 22.7 Å². The molecule has 2 amide bonds. The minimum Gasteiger partial charge on any atom is -0.383 e. The Morgan fingerprint density at radius 1 is 1.18 bits per heavy atom. The normalized spacial score (nSPS) is 17.9. The molecule has 3 aromatic rings. The van der Waals surface area contributed by atoms with Crippen LogP contribution in [0.15, 0.2) is 41.3 Å². The zero-order valence-electron chi connectivity index (χ0n) is 22.3. The minimum atomic E-state index is -3.84. The first-order chi connectivity index (χ1) is 19.0. The van der Waals surface area contributed by atoms with Gasteiger partial charge in [0.25, 0.3) is 11.8 Å². The molecule has 5 rings (SSSR count). The Labute approximate surface area is 243 Å². The maximum absolute atomic E-state index is 13.5. The fourth-order valence-corrected chi connectivity index (χ4v) is 7.56. The second-order valence-electron chi connectivity index (χ2n) is 10.1. The van der Waals surface area contributed by atoms with Crippen molar-refractivity contribution in [1.82, 2.24) is 9.88 Å². The number of benzene rings is 2. The quantitative estimate of drug-likeness (QED) is 0.340. The Bertz CT molecular complexity index is 1640. The monoisotopic (exact) mass is 601 g/mol. The van der Waals surface area contributed by atoms with E-state index in [1.807, 2.05) is 18.7 Å². The largest absolute Gasteiger partial charge is 0.383 e. The highest BCUT2D eigenvalue weighted by molar-refractivity contribution is 7.90. The van der Waals surface area contributed by atoms with Crippen molar-refractivity contribution in [2.24, 2.45) is 0 Å². The Kier molecular flexibility index (Phi) is 7.85. The molecule has 0 aliphatic carbocycles. The van der Waals surface area contributed by atoms with E-state index in [0.29, 0.717) is 52.5 Å². The maximum Gasteiger partial charge on any atom is 0.256 e. The number of aromatic nitrogens is 1. The standard InChI is InChI=1S/C29H29Cl2N3O5S/c1-16-26(32-17(2)27(16)29(36)34-11-5-6-18(34)14-39-3)13-21-20-12-19(9-10-25(20)33-28(21)35)40(37,38)15-22-23(30)7-4-8-24(22)31/h4,7-10,12-13,18,32H,5-6,11,14-15H2,1-3H3,(H,33,35)/t18-/m0/s1. The molecule has 1 fully saturated rings. The summed E-state index contributed by atoms with van der Waals surface area (Å²) in [5.74, 6) is -0.817. The van der Waals surface area contributed by atoms with Crippen LogP contribution in [0.5, 0.6) is 0 Å². The lowest BCUT2D eigenvalue weighted by Gasteiger charge is -2.24. The van der Waals surface area contributed by atoms with Crippen LogP contribution in [0.25, 0.3) is 11.6 Å². The maximum atomic E-state index is 13.5. The number of likely N-dealkylation sites (tertiary alicyclic amines) is 1. The molecule has 2 aromatic carbocycles. The van der Waals surface area contributed by atoms with Gasteiger partial charge in [-0.1, -0.05) is 29.3 Å². The second kappa shape index (κ2) is 11.0. The molecule has 0 bridgehead atoms. The molecule has 8 nitrogen and oxygen atoms in total. The molecule has 1 atom stereocenters. The molecule has 0 radical (unpaired) electrons. The second-order valence-corrected chi connectivity index (χ2v) is 12.9. The first-order valence-electron chi connectivity index (χ1n) is 12.8. The molecule has 1 aromatic heterocycles. The van der Waals surface area contributed by atoms with Gasteiger partial charge in [-0.2, -0.15) is 0 Å². The zero-order chi connectivity index (χ0) is 28.8. The van der Waals surface area contributed by atoms with Gasteiger partial charge >= 0.3 is 0 Å². The van der Waals surface area contributed by atoms with E-state index in [1.165, 1.54) is 12.1 Å². The van der Waals surface area contributed by atoms with Gasteiger partial charge in [0.15, 0.2) is 9.84 Å². The predicted molar refractivity (Wildman–Crippen MR) is 156 cm³/mol. The summed E-state index contributed by atoms with van der Waals surface area (Å²) in [6.07, 6.45) is 3.48. The van der Waals surface area contributed by atoms with Crippen molar-refractivity contribution in [2.45, 2.75) is 43.4 Å². The Morgan fingerprint density at radius 2 is 1.90 bits per heavy atom. The van der Waals surface area contributed by atoms with Gasteiger partial charge in [0.05, 0.1) is 34.4 Å². The van der Waals surface area contributed by atoms with Gasteiger partial charge in [0.1, 0.15) is 0 Å². The van der Waals surface area contributed by atoms with E-state index in [9.17, 15) is 18.0 Å². The summed E-state index contributed by atoms with van der Waals surface area (Å²) in [5, 5.41) is 3.32. The highest BCUT2D eigenvalue weighted by Crippen LogP contribution is 2.37. The third-order valence-corrected chi connectivity index (χ3v) is 9.85. The fourth-order valence-electron chi connectivity index (χ4n) is 5.44. The number of carbonyl (C=O) groups excluding carboxylic acids is 2. The SMILES string of the molecule is COC[C@@H]1CCCN1C(=O)c1c(C)[nH]c(C=C2C(=O)Nc3ccc(S(=O)(=O)Cc4c(Cl)cccc4Cl)cc32)c1C. The predicted octanol–water partition coefficient (Wildman–Crippen LogP) is 5.66. The van der Waals surface area contributed by atoms with Crippen molar-refractivity contribution in [2.75, 3.05) is 25.6 Å². The van der Waals surface area contributed by atoms with Crippen LogP contribution in [0.4, 0.5) is 5.69 Å². The summed E-state index contributed by atoms with van der Waals surface area (Å²) in [7, 11) is -2.21. The van der Waals surface area contributed by atoms with Crippen LogP contribution in [0, 0.1) is 13.8 Å². The molecule has 2 N–H and O–H groups in total. The average molecular weight is 603 g/mol. The molecular weight excluding hydrogens is 573 g/mol. The number of carbonyl (C=O) groups is 2. The topological polar surface area (TPSA) is 109 Å². The molecule has 3 heterocycles. The van der Waals surface area contributed by atoms with Gasteiger partial charge in [0.2, 0.25) is 0 Å². The Hall–Kier alpha value is -3.11. The highest BCUT2D eigenvalue weighted by atomic mass is 35.5. The molecule has 0 spiro atoms. The van der Waals surface area contributed by atoms with E-state index in [-0.39, 0.29) is 38.5 Å².